The molecule has 0 radical (unpaired) electrons. The molecule has 0 aliphatic rings. The van der Waals surface area contributed by atoms with Crippen LogP contribution in [0.1, 0.15) is 23.9 Å². The second-order valence-corrected chi connectivity index (χ2v) is 5.00. The lowest BCUT2D eigenvalue weighted by atomic mass is 10.2. The Hall–Kier alpha value is -1.80. The largest absolute Gasteiger partial charge is 0.379 e. The quantitative estimate of drug-likeness (QED) is 0.939. The molecule has 0 aliphatic heterocycles. The van der Waals surface area contributed by atoms with E-state index in [0.717, 1.165) is 28.1 Å². The van der Waals surface area contributed by atoms with Crippen LogP contribution in [0.15, 0.2) is 28.7 Å². The van der Waals surface area contributed by atoms with Crippen molar-refractivity contribution in [3.05, 3.63) is 45.7 Å². The first-order valence-corrected chi connectivity index (χ1v) is 6.90. The highest BCUT2D eigenvalue weighted by atomic mass is 79.9. The predicted octanol–water partition coefficient (Wildman–Crippen LogP) is 3.46. The molecule has 1 N–H and O–H groups in total. The van der Waals surface area contributed by atoms with Crippen molar-refractivity contribution < 1.29 is 0 Å². The lowest BCUT2D eigenvalue weighted by molar-refractivity contribution is 0.622. The molecule has 19 heavy (non-hydrogen) atoms. The fraction of sp³-hybridized carbons (Fsp3) is 0.286. The van der Waals surface area contributed by atoms with Crippen molar-refractivity contribution in [2.45, 2.75) is 26.9 Å². The summed E-state index contributed by atoms with van der Waals surface area (Å²) in [6.45, 7) is 5.56. The number of hydrogen-bond donors (Lipinski definition) is 1. The molecule has 0 unspecified atom stereocenters. The van der Waals surface area contributed by atoms with E-state index in [-0.39, 0.29) is 0 Å². The van der Waals surface area contributed by atoms with Gasteiger partial charge in [0.25, 0.3) is 0 Å². The van der Waals surface area contributed by atoms with Gasteiger partial charge < -0.3 is 5.32 Å². The van der Waals surface area contributed by atoms with E-state index in [9.17, 15) is 0 Å². The maximum atomic E-state index is 8.88. The monoisotopic (exact) mass is 318 g/mol. The number of aromatic nitrogens is 2. The summed E-state index contributed by atoms with van der Waals surface area (Å²) in [7, 11) is 0. The number of benzene rings is 1. The maximum Gasteiger partial charge on any atom is 0.0992 e. The van der Waals surface area contributed by atoms with Crippen LogP contribution in [-0.4, -0.2) is 9.78 Å². The zero-order valence-electron chi connectivity index (χ0n) is 10.9. The van der Waals surface area contributed by atoms with Crippen LogP contribution in [0.3, 0.4) is 0 Å². The minimum Gasteiger partial charge on any atom is -0.379 e. The SMILES string of the molecule is CCn1nc(C)c(Br)c1CNc1cccc(C#N)c1. The number of nitrogens with one attached hydrogen (secondary N) is 1. The molecule has 1 aromatic heterocycles. The van der Waals surface area contributed by atoms with Crippen LogP contribution in [0, 0.1) is 18.3 Å². The van der Waals surface area contributed by atoms with E-state index in [1.54, 1.807) is 6.07 Å². The van der Waals surface area contributed by atoms with Crippen molar-refractivity contribution in [3.8, 4) is 6.07 Å². The van der Waals surface area contributed by atoms with Crippen molar-refractivity contribution in [2.75, 3.05) is 5.32 Å². The Labute approximate surface area is 121 Å². The summed E-state index contributed by atoms with van der Waals surface area (Å²) < 4.78 is 3.01. The van der Waals surface area contributed by atoms with E-state index >= 15 is 0 Å². The molecule has 5 heteroatoms. The Morgan fingerprint density at radius 1 is 1.47 bits per heavy atom. The first kappa shape index (κ1) is 13.6. The first-order chi connectivity index (χ1) is 9.15. The molecule has 0 saturated carbocycles. The van der Waals surface area contributed by atoms with Gasteiger partial charge in [0.05, 0.1) is 34.0 Å². The maximum absolute atomic E-state index is 8.88. The Balaban J connectivity index is 2.16. The van der Waals surface area contributed by atoms with Gasteiger partial charge in [-0.1, -0.05) is 6.07 Å². The summed E-state index contributed by atoms with van der Waals surface area (Å²) in [4.78, 5) is 0. The summed E-state index contributed by atoms with van der Waals surface area (Å²) in [6, 6.07) is 9.60. The number of hydrogen-bond acceptors (Lipinski definition) is 3. The van der Waals surface area contributed by atoms with E-state index in [1.807, 2.05) is 29.8 Å². The highest BCUT2D eigenvalue weighted by Crippen LogP contribution is 2.22. The number of anilines is 1. The van der Waals surface area contributed by atoms with Gasteiger partial charge in [0.2, 0.25) is 0 Å². The molecular weight excluding hydrogens is 304 g/mol. The van der Waals surface area contributed by atoms with Gasteiger partial charge in [-0.15, -0.1) is 0 Å². The van der Waals surface area contributed by atoms with E-state index in [1.165, 1.54) is 0 Å². The third-order valence-electron chi connectivity index (χ3n) is 2.90. The molecule has 1 heterocycles. The van der Waals surface area contributed by atoms with Gasteiger partial charge in [-0.2, -0.15) is 10.4 Å². The smallest absolute Gasteiger partial charge is 0.0992 e. The van der Waals surface area contributed by atoms with Crippen LogP contribution in [-0.2, 0) is 13.1 Å². The zero-order chi connectivity index (χ0) is 13.8. The number of rotatable bonds is 4. The van der Waals surface area contributed by atoms with Crippen molar-refractivity contribution >= 4 is 21.6 Å². The van der Waals surface area contributed by atoms with E-state index < -0.39 is 0 Å². The molecule has 4 nitrogen and oxygen atoms in total. The predicted molar refractivity (Wildman–Crippen MR) is 78.8 cm³/mol. The van der Waals surface area contributed by atoms with Crippen molar-refractivity contribution in [2.24, 2.45) is 0 Å². The Morgan fingerprint density at radius 2 is 2.26 bits per heavy atom. The van der Waals surface area contributed by atoms with Crippen molar-refractivity contribution in [3.63, 3.8) is 0 Å². The van der Waals surface area contributed by atoms with Gasteiger partial charge in [-0.25, -0.2) is 0 Å². The normalized spacial score (nSPS) is 10.2. The van der Waals surface area contributed by atoms with Crippen LogP contribution >= 0.6 is 15.9 Å². The van der Waals surface area contributed by atoms with E-state index in [2.05, 4.69) is 39.3 Å². The number of nitriles is 1. The number of halogens is 1. The molecule has 0 spiro atoms. The van der Waals surface area contributed by atoms with Gasteiger partial charge in [0.15, 0.2) is 0 Å². The molecular formula is C14H15BrN4. The second-order valence-electron chi connectivity index (χ2n) is 4.21. The van der Waals surface area contributed by atoms with Crippen molar-refractivity contribution in [1.82, 2.24) is 9.78 Å². The van der Waals surface area contributed by atoms with Crippen molar-refractivity contribution in [1.29, 1.82) is 5.26 Å². The average Bonchev–Trinajstić information content (AvgIpc) is 2.72. The number of nitrogens with zero attached hydrogens (tertiary/aromatic N) is 3. The Bertz CT molecular complexity index is 625. The number of aryl methyl sites for hydroxylation is 2. The molecule has 0 aliphatic carbocycles. The van der Waals surface area contributed by atoms with Crippen LogP contribution in [0.25, 0.3) is 0 Å². The molecule has 0 atom stereocenters. The lowest BCUT2D eigenvalue weighted by Crippen LogP contribution is -2.08. The van der Waals surface area contributed by atoms with Gasteiger partial charge in [0, 0.05) is 12.2 Å². The minimum atomic E-state index is 0.657. The zero-order valence-corrected chi connectivity index (χ0v) is 12.5. The molecule has 2 aromatic rings. The Kier molecular flexibility index (Phi) is 4.23. The topological polar surface area (TPSA) is 53.6 Å². The fourth-order valence-corrected chi connectivity index (χ4v) is 2.35. The molecule has 98 valence electrons. The average molecular weight is 319 g/mol. The first-order valence-electron chi connectivity index (χ1n) is 6.11. The molecule has 0 saturated heterocycles. The lowest BCUT2D eigenvalue weighted by Gasteiger charge is -2.09. The molecule has 1 aromatic carbocycles. The van der Waals surface area contributed by atoms with Crippen LogP contribution < -0.4 is 5.32 Å². The van der Waals surface area contributed by atoms with Crippen LogP contribution in [0.4, 0.5) is 5.69 Å². The minimum absolute atomic E-state index is 0.657. The van der Waals surface area contributed by atoms with Gasteiger partial charge >= 0.3 is 0 Å². The van der Waals surface area contributed by atoms with E-state index in [0.29, 0.717) is 12.1 Å². The van der Waals surface area contributed by atoms with Gasteiger partial charge in [-0.05, 0) is 48.0 Å². The highest BCUT2D eigenvalue weighted by molar-refractivity contribution is 9.10. The third-order valence-corrected chi connectivity index (χ3v) is 3.94. The van der Waals surface area contributed by atoms with Gasteiger partial charge in [0.1, 0.15) is 0 Å². The molecule has 0 fully saturated rings. The molecule has 0 amide bonds. The van der Waals surface area contributed by atoms with E-state index in [4.69, 9.17) is 5.26 Å². The van der Waals surface area contributed by atoms with Crippen LogP contribution in [0.2, 0.25) is 0 Å². The molecule has 2 rings (SSSR count). The van der Waals surface area contributed by atoms with Gasteiger partial charge in [-0.3, -0.25) is 4.68 Å². The third kappa shape index (κ3) is 2.96. The summed E-state index contributed by atoms with van der Waals surface area (Å²) in [5, 5.41) is 16.7. The summed E-state index contributed by atoms with van der Waals surface area (Å²) in [6.07, 6.45) is 0. The standard InChI is InChI=1S/C14H15BrN4/c1-3-19-13(14(15)10(2)18-19)9-17-12-6-4-5-11(7-12)8-16/h4-7,17H,3,9H2,1-2H3. The summed E-state index contributed by atoms with van der Waals surface area (Å²) >= 11 is 3.57. The summed E-state index contributed by atoms with van der Waals surface area (Å²) in [5.41, 5.74) is 3.70. The Morgan fingerprint density at radius 3 is 2.95 bits per heavy atom. The second kappa shape index (κ2) is 5.89. The summed E-state index contributed by atoms with van der Waals surface area (Å²) in [5.74, 6) is 0. The fourth-order valence-electron chi connectivity index (χ4n) is 1.92. The molecule has 0 bridgehead atoms. The van der Waals surface area contributed by atoms with Crippen LogP contribution in [0.5, 0.6) is 0 Å². The highest BCUT2D eigenvalue weighted by Gasteiger charge is 2.11.